The van der Waals surface area contributed by atoms with E-state index in [4.69, 9.17) is 23.7 Å². The summed E-state index contributed by atoms with van der Waals surface area (Å²) in [4.78, 5) is 0. The number of ether oxygens (including phenoxy) is 5. The van der Waals surface area contributed by atoms with Crippen LogP contribution in [0.1, 0.15) is 27.7 Å². The first-order valence-electron chi connectivity index (χ1n) is 6.33. The highest BCUT2D eigenvalue weighted by atomic mass is 16.8. The molecule has 0 aromatic carbocycles. The molecule has 0 unspecified atom stereocenters. The SMILES string of the molecule is CCOCO[C@@H]1[C@H]2OC(C)(C)O[C@H]2O[C@@H]1[C@@H](C)O. The Morgan fingerprint density at radius 2 is 2.06 bits per heavy atom. The van der Waals surface area contributed by atoms with Gasteiger partial charge in [-0.2, -0.15) is 0 Å². The molecule has 0 bridgehead atoms. The first-order valence-corrected chi connectivity index (χ1v) is 6.33. The van der Waals surface area contributed by atoms with E-state index in [1.807, 2.05) is 20.8 Å². The standard InChI is InChI=1S/C12H22O6/c1-5-14-6-15-9-8(7(2)13)16-11-10(9)17-12(3,4)18-11/h7-11,13H,5-6H2,1-4H3/t7-,8-,9+,10-,11-/m1/s1. The van der Waals surface area contributed by atoms with Crippen LogP contribution in [0.25, 0.3) is 0 Å². The molecule has 1 N–H and O–H groups in total. The molecule has 6 heteroatoms. The number of rotatable bonds is 5. The zero-order valence-electron chi connectivity index (χ0n) is 11.3. The Balaban J connectivity index is 2.01. The van der Waals surface area contributed by atoms with E-state index in [0.717, 1.165) is 0 Å². The molecule has 0 aromatic rings. The van der Waals surface area contributed by atoms with Crippen LogP contribution >= 0.6 is 0 Å². The van der Waals surface area contributed by atoms with Crippen molar-refractivity contribution in [2.24, 2.45) is 0 Å². The van der Waals surface area contributed by atoms with E-state index >= 15 is 0 Å². The molecular weight excluding hydrogens is 240 g/mol. The van der Waals surface area contributed by atoms with E-state index in [9.17, 15) is 5.11 Å². The van der Waals surface area contributed by atoms with E-state index < -0.39 is 24.3 Å². The van der Waals surface area contributed by atoms with Crippen molar-refractivity contribution in [3.05, 3.63) is 0 Å². The summed E-state index contributed by atoms with van der Waals surface area (Å²) in [5.74, 6) is -0.688. The Morgan fingerprint density at radius 1 is 1.33 bits per heavy atom. The van der Waals surface area contributed by atoms with E-state index in [1.54, 1.807) is 6.92 Å². The van der Waals surface area contributed by atoms with Crippen LogP contribution in [-0.2, 0) is 23.7 Å². The van der Waals surface area contributed by atoms with Crippen LogP contribution in [0.15, 0.2) is 0 Å². The highest BCUT2D eigenvalue weighted by Gasteiger charge is 2.56. The summed E-state index contributed by atoms with van der Waals surface area (Å²) in [5.41, 5.74) is 0. The lowest BCUT2D eigenvalue weighted by Gasteiger charge is -2.27. The van der Waals surface area contributed by atoms with Crippen LogP contribution in [-0.4, -0.2) is 55.0 Å². The Labute approximate surface area is 107 Å². The van der Waals surface area contributed by atoms with Gasteiger partial charge in [-0.3, -0.25) is 0 Å². The molecule has 0 aromatic heterocycles. The van der Waals surface area contributed by atoms with Crippen LogP contribution in [0.5, 0.6) is 0 Å². The number of aliphatic hydroxyl groups is 1. The van der Waals surface area contributed by atoms with Crippen LogP contribution in [0, 0.1) is 0 Å². The van der Waals surface area contributed by atoms with Gasteiger partial charge in [0.15, 0.2) is 12.1 Å². The summed E-state index contributed by atoms with van der Waals surface area (Å²) in [6.45, 7) is 7.93. The number of hydrogen-bond acceptors (Lipinski definition) is 6. The third-order valence-corrected chi connectivity index (χ3v) is 3.05. The summed E-state index contributed by atoms with van der Waals surface area (Å²) in [6.07, 6.45) is -2.33. The monoisotopic (exact) mass is 262 g/mol. The molecule has 2 heterocycles. The Morgan fingerprint density at radius 3 is 2.67 bits per heavy atom. The largest absolute Gasteiger partial charge is 0.391 e. The Hall–Kier alpha value is -0.240. The molecule has 2 aliphatic heterocycles. The second-order valence-corrected chi connectivity index (χ2v) is 5.05. The number of hydrogen-bond donors (Lipinski definition) is 1. The fraction of sp³-hybridized carbons (Fsp3) is 1.00. The van der Waals surface area contributed by atoms with Gasteiger partial charge < -0.3 is 28.8 Å². The van der Waals surface area contributed by atoms with E-state index in [2.05, 4.69) is 0 Å². The van der Waals surface area contributed by atoms with Gasteiger partial charge >= 0.3 is 0 Å². The Bertz CT molecular complexity index is 280. The Kier molecular flexibility index (Phi) is 4.25. The minimum atomic E-state index is -0.688. The summed E-state index contributed by atoms with van der Waals surface area (Å²) < 4.78 is 27.8. The van der Waals surface area contributed by atoms with Gasteiger partial charge in [0.1, 0.15) is 25.1 Å². The smallest absolute Gasteiger partial charge is 0.190 e. The second-order valence-electron chi connectivity index (χ2n) is 5.05. The van der Waals surface area contributed by atoms with Crippen LogP contribution in [0.4, 0.5) is 0 Å². The quantitative estimate of drug-likeness (QED) is 0.579. The molecule has 0 saturated carbocycles. The molecule has 0 aliphatic carbocycles. The number of aliphatic hydroxyl groups excluding tert-OH is 1. The normalized spacial score (nSPS) is 39.8. The fourth-order valence-corrected chi connectivity index (χ4v) is 2.29. The topological polar surface area (TPSA) is 66.4 Å². The predicted molar refractivity (Wildman–Crippen MR) is 61.7 cm³/mol. The summed E-state index contributed by atoms with van der Waals surface area (Å²) >= 11 is 0. The van der Waals surface area contributed by atoms with Gasteiger partial charge in [-0.25, -0.2) is 0 Å². The molecule has 6 nitrogen and oxygen atoms in total. The highest BCUT2D eigenvalue weighted by molar-refractivity contribution is 4.95. The predicted octanol–water partition coefficient (Wildman–Crippen LogP) is 0.623. The summed E-state index contributed by atoms with van der Waals surface area (Å²) in [6, 6.07) is 0. The molecule has 106 valence electrons. The van der Waals surface area contributed by atoms with Crippen LogP contribution in [0.2, 0.25) is 0 Å². The van der Waals surface area contributed by atoms with E-state index in [1.165, 1.54) is 0 Å². The maximum absolute atomic E-state index is 9.71. The first-order chi connectivity index (χ1) is 8.44. The van der Waals surface area contributed by atoms with Gasteiger partial charge in [0.25, 0.3) is 0 Å². The van der Waals surface area contributed by atoms with E-state index in [-0.39, 0.29) is 19.0 Å². The molecule has 18 heavy (non-hydrogen) atoms. The third-order valence-electron chi connectivity index (χ3n) is 3.05. The molecule has 0 amide bonds. The van der Waals surface area contributed by atoms with Crippen molar-refractivity contribution >= 4 is 0 Å². The van der Waals surface area contributed by atoms with Crippen molar-refractivity contribution in [2.45, 2.75) is 64.2 Å². The van der Waals surface area contributed by atoms with Crippen molar-refractivity contribution in [2.75, 3.05) is 13.4 Å². The van der Waals surface area contributed by atoms with Crippen LogP contribution < -0.4 is 0 Å². The zero-order chi connectivity index (χ0) is 13.3. The first kappa shape index (κ1) is 14.2. The van der Waals surface area contributed by atoms with Crippen molar-refractivity contribution in [3.8, 4) is 0 Å². The molecule has 5 atom stereocenters. The van der Waals surface area contributed by atoms with Crippen molar-refractivity contribution in [1.82, 2.24) is 0 Å². The summed E-state index contributed by atoms with van der Waals surface area (Å²) in [5, 5.41) is 9.71. The van der Waals surface area contributed by atoms with Gasteiger partial charge in [-0.1, -0.05) is 0 Å². The van der Waals surface area contributed by atoms with Gasteiger partial charge in [-0.05, 0) is 27.7 Å². The van der Waals surface area contributed by atoms with E-state index in [0.29, 0.717) is 6.61 Å². The van der Waals surface area contributed by atoms with Crippen molar-refractivity contribution < 1.29 is 28.8 Å². The molecule has 0 radical (unpaired) electrons. The highest BCUT2D eigenvalue weighted by Crippen LogP contribution is 2.39. The maximum Gasteiger partial charge on any atom is 0.190 e. The number of fused-ring (bicyclic) bond motifs is 1. The molecule has 2 saturated heterocycles. The molecule has 2 rings (SSSR count). The molecule has 2 fully saturated rings. The van der Waals surface area contributed by atoms with Gasteiger partial charge in [0, 0.05) is 6.61 Å². The van der Waals surface area contributed by atoms with Gasteiger partial charge in [-0.15, -0.1) is 0 Å². The lowest BCUT2D eigenvalue weighted by molar-refractivity contribution is -0.235. The van der Waals surface area contributed by atoms with Crippen molar-refractivity contribution in [3.63, 3.8) is 0 Å². The fourth-order valence-electron chi connectivity index (χ4n) is 2.29. The second kappa shape index (κ2) is 5.40. The average Bonchev–Trinajstić information content (AvgIpc) is 2.72. The lowest BCUT2D eigenvalue weighted by atomic mass is 10.1. The van der Waals surface area contributed by atoms with Crippen LogP contribution in [0.3, 0.4) is 0 Å². The molecule has 0 spiro atoms. The van der Waals surface area contributed by atoms with Gasteiger partial charge in [0.2, 0.25) is 0 Å². The van der Waals surface area contributed by atoms with Crippen molar-refractivity contribution in [1.29, 1.82) is 0 Å². The summed E-state index contributed by atoms with van der Waals surface area (Å²) in [7, 11) is 0. The zero-order valence-corrected chi connectivity index (χ0v) is 11.3. The maximum atomic E-state index is 9.71. The van der Waals surface area contributed by atoms with Gasteiger partial charge in [0.05, 0.1) is 6.10 Å². The minimum absolute atomic E-state index is 0.154. The average molecular weight is 262 g/mol. The molecular formula is C12H22O6. The third kappa shape index (κ3) is 2.84. The lowest BCUT2D eigenvalue weighted by Crippen LogP contribution is -2.42. The molecule has 2 aliphatic rings. The minimum Gasteiger partial charge on any atom is -0.391 e.